The molecule has 0 radical (unpaired) electrons. The molecule has 0 spiro atoms. The number of nitrogens with zero attached hydrogens (tertiary/aromatic N) is 2. The first-order valence-corrected chi connectivity index (χ1v) is 6.99. The van der Waals surface area contributed by atoms with Gasteiger partial charge in [-0.05, 0) is 24.6 Å². The molecule has 0 aliphatic heterocycles. The van der Waals surface area contributed by atoms with Gasteiger partial charge in [-0.1, -0.05) is 6.07 Å². The zero-order valence-electron chi connectivity index (χ0n) is 10.2. The first-order chi connectivity index (χ1) is 9.03. The van der Waals surface area contributed by atoms with Gasteiger partial charge in [0, 0.05) is 18.3 Å². The van der Waals surface area contributed by atoms with Crippen molar-refractivity contribution in [2.24, 2.45) is 0 Å². The van der Waals surface area contributed by atoms with E-state index in [9.17, 15) is 8.42 Å². The summed E-state index contributed by atoms with van der Waals surface area (Å²) in [6, 6.07) is 6.50. The molecule has 0 amide bonds. The van der Waals surface area contributed by atoms with Crippen LogP contribution in [0.15, 0.2) is 35.5 Å². The molecule has 7 heteroatoms. The number of rotatable bonds is 4. The van der Waals surface area contributed by atoms with Crippen LogP contribution in [0.3, 0.4) is 0 Å². The van der Waals surface area contributed by atoms with Crippen molar-refractivity contribution in [2.45, 2.75) is 18.4 Å². The van der Waals surface area contributed by atoms with Gasteiger partial charge in [-0.15, -0.1) is 0 Å². The molecule has 0 atom stereocenters. The van der Waals surface area contributed by atoms with Gasteiger partial charge in [-0.25, -0.2) is 13.1 Å². The molecule has 2 rings (SSSR count). The number of aryl methyl sites for hydroxylation is 1. The number of hydrogen-bond donors (Lipinski definition) is 2. The minimum atomic E-state index is -3.64. The normalized spacial score (nSPS) is 11.2. The number of aromatic amines is 1. The molecule has 1 aromatic carbocycles. The lowest BCUT2D eigenvalue weighted by atomic mass is 10.2. The van der Waals surface area contributed by atoms with Crippen LogP contribution in [0.25, 0.3) is 0 Å². The quantitative estimate of drug-likeness (QED) is 0.872. The molecule has 1 aromatic heterocycles. The van der Waals surface area contributed by atoms with Crippen molar-refractivity contribution >= 4 is 10.0 Å². The molecule has 1 heterocycles. The topological polar surface area (TPSA) is 98.6 Å². The zero-order valence-corrected chi connectivity index (χ0v) is 11.0. The Morgan fingerprint density at radius 3 is 2.89 bits per heavy atom. The van der Waals surface area contributed by atoms with Crippen molar-refractivity contribution < 1.29 is 8.42 Å². The third-order valence-electron chi connectivity index (χ3n) is 2.63. The maximum absolute atomic E-state index is 12.2. The number of benzene rings is 1. The summed E-state index contributed by atoms with van der Waals surface area (Å²) in [4.78, 5) is 0.120. The molecule has 0 saturated carbocycles. The average molecular weight is 276 g/mol. The lowest BCUT2D eigenvalue weighted by Crippen LogP contribution is -2.23. The fourth-order valence-electron chi connectivity index (χ4n) is 1.59. The molecule has 0 fully saturated rings. The van der Waals surface area contributed by atoms with Gasteiger partial charge in [0.2, 0.25) is 10.0 Å². The molecule has 0 unspecified atom stereocenters. The third-order valence-corrected chi connectivity index (χ3v) is 4.17. The van der Waals surface area contributed by atoms with Gasteiger partial charge in [-0.3, -0.25) is 5.10 Å². The van der Waals surface area contributed by atoms with Crippen LogP contribution in [0.5, 0.6) is 0 Å². The number of aromatic nitrogens is 2. The number of H-pyrrole nitrogens is 1. The minimum Gasteiger partial charge on any atom is -0.285 e. The summed E-state index contributed by atoms with van der Waals surface area (Å²) in [6.07, 6.45) is 3.15. The van der Waals surface area contributed by atoms with Crippen molar-refractivity contribution in [3.05, 3.63) is 47.3 Å². The molecule has 19 heavy (non-hydrogen) atoms. The summed E-state index contributed by atoms with van der Waals surface area (Å²) in [6.45, 7) is 1.84. The van der Waals surface area contributed by atoms with Crippen LogP contribution in [-0.4, -0.2) is 18.6 Å². The average Bonchev–Trinajstić information content (AvgIpc) is 2.90. The molecule has 98 valence electrons. The van der Waals surface area contributed by atoms with E-state index in [-0.39, 0.29) is 11.4 Å². The van der Waals surface area contributed by atoms with Crippen LogP contribution >= 0.6 is 0 Å². The molecule has 0 aliphatic rings. The molecule has 0 saturated heterocycles. The van der Waals surface area contributed by atoms with Crippen molar-refractivity contribution in [3.63, 3.8) is 0 Å². The van der Waals surface area contributed by atoms with E-state index in [2.05, 4.69) is 14.9 Å². The first-order valence-electron chi connectivity index (χ1n) is 5.51. The third kappa shape index (κ3) is 2.99. The molecule has 2 N–H and O–H groups in total. The van der Waals surface area contributed by atoms with E-state index in [0.717, 1.165) is 5.56 Å². The number of nitrogens with one attached hydrogen (secondary N) is 2. The highest BCUT2D eigenvalue weighted by Crippen LogP contribution is 2.16. The van der Waals surface area contributed by atoms with Gasteiger partial charge >= 0.3 is 0 Å². The highest BCUT2D eigenvalue weighted by atomic mass is 32.2. The zero-order chi connectivity index (χ0) is 13.9. The van der Waals surface area contributed by atoms with Gasteiger partial charge in [0.05, 0.1) is 22.7 Å². The Kier molecular flexibility index (Phi) is 3.64. The van der Waals surface area contributed by atoms with E-state index in [1.54, 1.807) is 31.5 Å². The maximum atomic E-state index is 12.2. The van der Waals surface area contributed by atoms with Crippen LogP contribution < -0.4 is 4.72 Å². The minimum absolute atomic E-state index is 0.120. The van der Waals surface area contributed by atoms with E-state index in [0.29, 0.717) is 11.1 Å². The summed E-state index contributed by atoms with van der Waals surface area (Å²) in [5.41, 5.74) is 1.64. The monoisotopic (exact) mass is 276 g/mol. The first kappa shape index (κ1) is 13.3. The molecule has 0 aliphatic carbocycles. The van der Waals surface area contributed by atoms with Crippen LogP contribution in [0.2, 0.25) is 0 Å². The Balaban J connectivity index is 2.27. The van der Waals surface area contributed by atoms with Crippen LogP contribution in [0.1, 0.15) is 16.7 Å². The predicted octanol–water partition coefficient (Wildman–Crippen LogP) is 1.07. The van der Waals surface area contributed by atoms with Gasteiger partial charge in [-0.2, -0.15) is 10.4 Å². The van der Waals surface area contributed by atoms with Crippen molar-refractivity contribution in [3.8, 4) is 6.07 Å². The molecule has 2 aromatic rings. The van der Waals surface area contributed by atoms with Crippen LogP contribution in [0.4, 0.5) is 0 Å². The fraction of sp³-hybridized carbons (Fsp3) is 0.167. The molecule has 0 bridgehead atoms. The highest BCUT2D eigenvalue weighted by Gasteiger charge is 2.17. The van der Waals surface area contributed by atoms with Crippen LogP contribution in [-0.2, 0) is 16.6 Å². The van der Waals surface area contributed by atoms with Gasteiger partial charge in [0.1, 0.15) is 0 Å². The van der Waals surface area contributed by atoms with E-state index < -0.39 is 10.0 Å². The predicted molar refractivity (Wildman–Crippen MR) is 68.5 cm³/mol. The smallest absolute Gasteiger partial charge is 0.241 e. The van der Waals surface area contributed by atoms with E-state index in [4.69, 9.17) is 5.26 Å². The SMILES string of the molecule is Cc1ccc(C#N)cc1S(=O)(=O)NCc1cn[nH]c1. The summed E-state index contributed by atoms with van der Waals surface area (Å²) >= 11 is 0. The number of hydrogen-bond acceptors (Lipinski definition) is 4. The second-order valence-corrected chi connectivity index (χ2v) is 5.76. The summed E-state index contributed by atoms with van der Waals surface area (Å²) < 4.78 is 26.8. The second-order valence-electron chi connectivity index (χ2n) is 4.02. The maximum Gasteiger partial charge on any atom is 0.241 e. The summed E-state index contributed by atoms with van der Waals surface area (Å²) in [7, 11) is -3.64. The van der Waals surface area contributed by atoms with Crippen molar-refractivity contribution in [1.82, 2.24) is 14.9 Å². The Labute approximate surface area is 111 Å². The van der Waals surface area contributed by atoms with E-state index in [1.165, 1.54) is 6.07 Å². The van der Waals surface area contributed by atoms with E-state index in [1.807, 2.05) is 6.07 Å². The highest BCUT2D eigenvalue weighted by molar-refractivity contribution is 7.89. The molecular weight excluding hydrogens is 264 g/mol. The van der Waals surface area contributed by atoms with Gasteiger partial charge < -0.3 is 0 Å². The molecular formula is C12H12N4O2S. The fourth-order valence-corrected chi connectivity index (χ4v) is 2.88. The largest absolute Gasteiger partial charge is 0.285 e. The Bertz CT molecular complexity index is 715. The standard InChI is InChI=1S/C12H12N4O2S/c1-9-2-3-10(5-13)4-12(9)19(17,18)16-8-11-6-14-15-7-11/h2-4,6-7,16H,8H2,1H3,(H,14,15). The second kappa shape index (κ2) is 5.22. The Morgan fingerprint density at radius 2 is 2.26 bits per heavy atom. The summed E-state index contributed by atoms with van der Waals surface area (Å²) in [5.74, 6) is 0. The van der Waals surface area contributed by atoms with Crippen LogP contribution in [0, 0.1) is 18.3 Å². The number of sulfonamides is 1. The Morgan fingerprint density at radius 1 is 1.47 bits per heavy atom. The molecule has 6 nitrogen and oxygen atoms in total. The van der Waals surface area contributed by atoms with Gasteiger partial charge in [0.25, 0.3) is 0 Å². The summed E-state index contributed by atoms with van der Waals surface area (Å²) in [5, 5.41) is 15.2. The lowest BCUT2D eigenvalue weighted by Gasteiger charge is -2.08. The lowest BCUT2D eigenvalue weighted by molar-refractivity contribution is 0.580. The van der Waals surface area contributed by atoms with Crippen molar-refractivity contribution in [2.75, 3.05) is 0 Å². The van der Waals surface area contributed by atoms with Crippen molar-refractivity contribution in [1.29, 1.82) is 5.26 Å². The van der Waals surface area contributed by atoms with E-state index >= 15 is 0 Å². The Hall–Kier alpha value is -2.17. The number of nitriles is 1. The van der Waals surface area contributed by atoms with Gasteiger partial charge in [0.15, 0.2) is 0 Å².